The summed E-state index contributed by atoms with van der Waals surface area (Å²) in [5.74, 6) is -0.152. The van der Waals surface area contributed by atoms with E-state index >= 15 is 0 Å². The first-order valence-electron chi connectivity index (χ1n) is 4.46. The highest BCUT2D eigenvalue weighted by Gasteiger charge is 2.14. The minimum Gasteiger partial charge on any atom is -0.287 e. The van der Waals surface area contributed by atoms with Crippen LogP contribution in [-0.2, 0) is 0 Å². The molecule has 5 heteroatoms. The van der Waals surface area contributed by atoms with Crippen molar-refractivity contribution in [3.8, 4) is 0 Å². The molecule has 16 heavy (non-hydrogen) atoms. The van der Waals surface area contributed by atoms with Crippen LogP contribution in [0.3, 0.4) is 0 Å². The number of nitrogens with zero attached hydrogens (tertiary/aromatic N) is 2. The van der Waals surface area contributed by atoms with Gasteiger partial charge in [-0.25, -0.2) is 9.97 Å². The number of rotatable bonds is 2. The van der Waals surface area contributed by atoms with Crippen molar-refractivity contribution in [2.24, 2.45) is 0 Å². The first-order chi connectivity index (χ1) is 7.68. The van der Waals surface area contributed by atoms with Crippen LogP contribution in [0.15, 0.2) is 45.7 Å². The quantitative estimate of drug-likeness (QED) is 0.622. The zero-order chi connectivity index (χ0) is 11.5. The van der Waals surface area contributed by atoms with Gasteiger partial charge in [-0.1, -0.05) is 6.07 Å². The summed E-state index contributed by atoms with van der Waals surface area (Å²) in [4.78, 5) is 20.2. The number of aromatic nitrogens is 2. The van der Waals surface area contributed by atoms with E-state index in [-0.39, 0.29) is 5.78 Å². The van der Waals surface area contributed by atoms with Crippen molar-refractivity contribution >= 4 is 37.6 Å². The van der Waals surface area contributed by atoms with E-state index in [4.69, 9.17) is 0 Å². The van der Waals surface area contributed by atoms with Crippen LogP contribution in [0, 0.1) is 0 Å². The molecule has 0 fully saturated rings. The van der Waals surface area contributed by atoms with E-state index in [1.54, 1.807) is 36.5 Å². The van der Waals surface area contributed by atoms with Crippen molar-refractivity contribution in [2.75, 3.05) is 0 Å². The highest BCUT2D eigenvalue weighted by Crippen LogP contribution is 2.17. The van der Waals surface area contributed by atoms with Crippen molar-refractivity contribution in [2.45, 2.75) is 0 Å². The van der Waals surface area contributed by atoms with Crippen LogP contribution < -0.4 is 0 Å². The summed E-state index contributed by atoms with van der Waals surface area (Å²) in [6.07, 6.45) is 1.62. The van der Waals surface area contributed by atoms with E-state index in [9.17, 15) is 4.79 Å². The summed E-state index contributed by atoms with van der Waals surface area (Å²) in [7, 11) is 0. The molecule has 0 saturated heterocycles. The normalized spacial score (nSPS) is 10.1. The van der Waals surface area contributed by atoms with Gasteiger partial charge in [-0.15, -0.1) is 0 Å². The number of hydrogen-bond donors (Lipinski definition) is 0. The maximum absolute atomic E-state index is 12.1. The van der Waals surface area contributed by atoms with Crippen molar-refractivity contribution in [3.63, 3.8) is 0 Å². The molecule has 0 aliphatic heterocycles. The Labute approximate surface area is 109 Å². The van der Waals surface area contributed by atoms with Crippen LogP contribution >= 0.6 is 31.9 Å². The lowest BCUT2D eigenvalue weighted by atomic mass is 10.1. The number of halogens is 2. The van der Waals surface area contributed by atoms with Crippen molar-refractivity contribution in [1.29, 1.82) is 0 Å². The third kappa shape index (κ3) is 2.36. The Morgan fingerprint density at radius 1 is 1.12 bits per heavy atom. The molecule has 0 atom stereocenters. The average Bonchev–Trinajstić information content (AvgIpc) is 2.29. The summed E-state index contributed by atoms with van der Waals surface area (Å²) in [5, 5.41) is 0. The molecule has 0 aromatic carbocycles. The van der Waals surface area contributed by atoms with Crippen molar-refractivity contribution < 1.29 is 4.79 Å². The topological polar surface area (TPSA) is 42.9 Å². The molecule has 2 aromatic rings. The first-order valence-corrected chi connectivity index (χ1v) is 6.05. The van der Waals surface area contributed by atoms with Gasteiger partial charge in [0, 0.05) is 6.20 Å². The maximum atomic E-state index is 12.1. The fraction of sp³-hybridized carbons (Fsp3) is 0. The maximum Gasteiger partial charge on any atom is 0.214 e. The van der Waals surface area contributed by atoms with Gasteiger partial charge in [0.15, 0.2) is 0 Å². The van der Waals surface area contributed by atoms with Gasteiger partial charge in [0.05, 0.1) is 5.56 Å². The van der Waals surface area contributed by atoms with Gasteiger partial charge in [-0.05, 0) is 56.1 Å². The van der Waals surface area contributed by atoms with E-state index in [0.29, 0.717) is 20.5 Å². The highest BCUT2D eigenvalue weighted by molar-refractivity contribution is 9.10. The Balaban J connectivity index is 2.44. The summed E-state index contributed by atoms with van der Waals surface area (Å²) >= 11 is 6.47. The number of carbonyl (C=O) groups excluding carboxylic acids is 1. The number of hydrogen-bond acceptors (Lipinski definition) is 3. The molecule has 0 spiro atoms. The Morgan fingerprint density at radius 3 is 2.62 bits per heavy atom. The fourth-order valence-corrected chi connectivity index (χ4v) is 2.00. The zero-order valence-corrected chi connectivity index (χ0v) is 11.2. The minimum atomic E-state index is -0.152. The standard InChI is InChI=1S/C11H6Br2N2O/c12-9-5-1-4-8(15-9)10(16)7-3-2-6-14-11(7)13/h1-6H. The molecule has 0 aliphatic carbocycles. The predicted octanol–water partition coefficient (Wildman–Crippen LogP) is 3.23. The second-order valence-electron chi connectivity index (χ2n) is 3.02. The average molecular weight is 342 g/mol. The molecule has 2 aromatic heterocycles. The van der Waals surface area contributed by atoms with Gasteiger partial charge < -0.3 is 0 Å². The summed E-state index contributed by atoms with van der Waals surface area (Å²) < 4.78 is 1.17. The molecule has 0 N–H and O–H groups in total. The monoisotopic (exact) mass is 340 g/mol. The summed E-state index contributed by atoms with van der Waals surface area (Å²) in [6.45, 7) is 0. The van der Waals surface area contributed by atoms with E-state index in [1.807, 2.05) is 0 Å². The minimum absolute atomic E-state index is 0.152. The van der Waals surface area contributed by atoms with Gasteiger partial charge in [0.2, 0.25) is 5.78 Å². The molecule has 0 saturated carbocycles. The first kappa shape index (κ1) is 11.4. The van der Waals surface area contributed by atoms with Crippen LogP contribution in [0.5, 0.6) is 0 Å². The van der Waals surface area contributed by atoms with Crippen LogP contribution in [0.2, 0.25) is 0 Å². The van der Waals surface area contributed by atoms with Crippen molar-refractivity contribution in [1.82, 2.24) is 9.97 Å². The van der Waals surface area contributed by atoms with Gasteiger partial charge in [0.1, 0.15) is 14.9 Å². The van der Waals surface area contributed by atoms with Gasteiger partial charge in [-0.3, -0.25) is 4.79 Å². The molecule has 0 aliphatic rings. The molecule has 0 radical (unpaired) electrons. The van der Waals surface area contributed by atoms with Crippen LogP contribution in [0.1, 0.15) is 16.1 Å². The van der Waals surface area contributed by atoms with Crippen LogP contribution in [0.25, 0.3) is 0 Å². The molecular formula is C11H6Br2N2O. The zero-order valence-electron chi connectivity index (χ0n) is 8.02. The molecule has 0 amide bonds. The largest absolute Gasteiger partial charge is 0.287 e. The van der Waals surface area contributed by atoms with E-state index in [2.05, 4.69) is 41.8 Å². The Kier molecular flexibility index (Phi) is 3.46. The molecule has 0 unspecified atom stereocenters. The van der Waals surface area contributed by atoms with Crippen LogP contribution in [-0.4, -0.2) is 15.8 Å². The number of pyridine rings is 2. The highest BCUT2D eigenvalue weighted by atomic mass is 79.9. The third-order valence-corrected chi connectivity index (χ3v) is 3.03. The predicted molar refractivity (Wildman–Crippen MR) is 67.3 cm³/mol. The SMILES string of the molecule is O=C(c1cccc(Br)n1)c1cccnc1Br. The molecule has 2 heterocycles. The van der Waals surface area contributed by atoms with E-state index < -0.39 is 0 Å². The third-order valence-electron chi connectivity index (χ3n) is 1.95. The second-order valence-corrected chi connectivity index (χ2v) is 4.58. The Hall–Kier alpha value is -1.07. The molecule has 80 valence electrons. The summed E-state index contributed by atoms with van der Waals surface area (Å²) in [6, 6.07) is 8.65. The van der Waals surface area contributed by atoms with Gasteiger partial charge in [-0.2, -0.15) is 0 Å². The molecule has 0 bridgehead atoms. The van der Waals surface area contributed by atoms with Crippen LogP contribution in [0.4, 0.5) is 0 Å². The Bertz CT molecular complexity index is 543. The van der Waals surface area contributed by atoms with Gasteiger partial charge >= 0.3 is 0 Å². The lowest BCUT2D eigenvalue weighted by Crippen LogP contribution is -2.05. The number of ketones is 1. The Morgan fingerprint density at radius 2 is 1.94 bits per heavy atom. The van der Waals surface area contributed by atoms with E-state index in [1.165, 1.54) is 0 Å². The molecule has 3 nitrogen and oxygen atoms in total. The smallest absolute Gasteiger partial charge is 0.214 e. The second kappa shape index (κ2) is 4.84. The van der Waals surface area contributed by atoms with Gasteiger partial charge in [0.25, 0.3) is 0 Å². The lowest BCUT2D eigenvalue weighted by molar-refractivity contribution is 0.103. The number of carbonyl (C=O) groups is 1. The lowest BCUT2D eigenvalue weighted by Gasteiger charge is -2.02. The molecular weight excluding hydrogens is 336 g/mol. The summed E-state index contributed by atoms with van der Waals surface area (Å²) in [5.41, 5.74) is 0.899. The molecule has 2 rings (SSSR count). The fourth-order valence-electron chi connectivity index (χ4n) is 1.23. The van der Waals surface area contributed by atoms with Crippen molar-refractivity contribution in [3.05, 3.63) is 57.0 Å². The van der Waals surface area contributed by atoms with E-state index in [0.717, 1.165) is 0 Å².